The maximum absolute atomic E-state index is 10.4. The van der Waals surface area contributed by atoms with Crippen LogP contribution in [0, 0.1) is 0 Å². The minimum atomic E-state index is 0.0190. The molecule has 11 heavy (non-hydrogen) atoms. The predicted octanol–water partition coefficient (Wildman–Crippen LogP) is 3.18. The molecule has 0 spiro atoms. The van der Waals surface area contributed by atoms with Crippen LogP contribution in [0.1, 0.15) is 38.5 Å². The molecule has 0 aromatic heterocycles. The van der Waals surface area contributed by atoms with Crippen LogP contribution >= 0.6 is 28.6 Å². The minimum Gasteiger partial charge on any atom is -0.288 e. The van der Waals surface area contributed by atoms with E-state index >= 15 is 0 Å². The third-order valence-corrected chi connectivity index (χ3v) is 2.31. The summed E-state index contributed by atoms with van der Waals surface area (Å²) < 4.78 is 0. The normalized spacial score (nSPS) is 10.0. The molecule has 0 aromatic carbocycles. The van der Waals surface area contributed by atoms with Crippen LogP contribution in [-0.4, -0.2) is 10.4 Å². The van der Waals surface area contributed by atoms with Gasteiger partial charge in [0.25, 0.3) is 0 Å². The van der Waals surface area contributed by atoms with Gasteiger partial charge in [-0.3, -0.25) is 4.79 Å². The van der Waals surface area contributed by atoms with Gasteiger partial charge in [-0.25, -0.2) is 0 Å². The van der Waals surface area contributed by atoms with Gasteiger partial charge in [-0.15, -0.1) is 12.6 Å². The number of carbonyl (C=O) groups excluding carboxylic acids is 1. The first-order valence-corrected chi connectivity index (χ1v) is 5.62. The third-order valence-electron chi connectivity index (χ3n) is 1.52. The van der Waals surface area contributed by atoms with Crippen molar-refractivity contribution in [2.75, 3.05) is 5.33 Å². The Bertz CT molecular complexity index is 106. The highest BCUT2D eigenvalue weighted by molar-refractivity contribution is 9.09. The first kappa shape index (κ1) is 11.5. The fraction of sp³-hybridized carbons (Fsp3) is 0.875. The summed E-state index contributed by atoms with van der Waals surface area (Å²) in [6.07, 6.45) is 6.56. The zero-order valence-corrected chi connectivity index (χ0v) is 9.16. The molecule has 0 fully saturated rings. The van der Waals surface area contributed by atoms with Crippen LogP contribution in [0.2, 0.25) is 0 Å². The molecule has 0 atom stereocenters. The summed E-state index contributed by atoms with van der Waals surface area (Å²) in [5, 5.41) is 1.11. The molecule has 0 heterocycles. The van der Waals surface area contributed by atoms with E-state index in [4.69, 9.17) is 0 Å². The highest BCUT2D eigenvalue weighted by Gasteiger charge is 1.93. The Balaban J connectivity index is 2.85. The lowest BCUT2D eigenvalue weighted by Gasteiger charge is -1.96. The first-order chi connectivity index (χ1) is 5.27. The standard InChI is InChI=1S/C8H15BrOS/c9-7-5-3-1-2-4-6-8(10)11/h1-7H2,(H,10,11). The molecule has 0 aliphatic carbocycles. The van der Waals surface area contributed by atoms with Crippen LogP contribution in [0.25, 0.3) is 0 Å². The van der Waals surface area contributed by atoms with E-state index in [-0.39, 0.29) is 5.12 Å². The van der Waals surface area contributed by atoms with Crippen LogP contribution in [0.3, 0.4) is 0 Å². The molecule has 0 saturated carbocycles. The van der Waals surface area contributed by atoms with E-state index in [2.05, 4.69) is 28.6 Å². The van der Waals surface area contributed by atoms with Crippen LogP contribution in [0.15, 0.2) is 0 Å². The SMILES string of the molecule is O=C(S)CCCCCCCBr. The zero-order chi connectivity index (χ0) is 8.53. The van der Waals surface area contributed by atoms with Crippen LogP contribution in [0.4, 0.5) is 0 Å². The number of halogens is 1. The Morgan fingerprint density at radius 2 is 1.64 bits per heavy atom. The number of alkyl halides is 1. The summed E-state index contributed by atoms with van der Waals surface area (Å²) in [6, 6.07) is 0. The van der Waals surface area contributed by atoms with Gasteiger partial charge in [0.2, 0.25) is 0 Å². The van der Waals surface area contributed by atoms with E-state index in [0.717, 1.165) is 11.8 Å². The summed E-state index contributed by atoms with van der Waals surface area (Å²) in [6.45, 7) is 0. The van der Waals surface area contributed by atoms with Crippen molar-refractivity contribution in [1.82, 2.24) is 0 Å². The predicted molar refractivity (Wildman–Crippen MR) is 55.5 cm³/mol. The van der Waals surface area contributed by atoms with Crippen LogP contribution < -0.4 is 0 Å². The second-order valence-electron chi connectivity index (χ2n) is 2.60. The lowest BCUT2D eigenvalue weighted by atomic mass is 10.1. The van der Waals surface area contributed by atoms with E-state index in [1.807, 2.05) is 0 Å². The Morgan fingerprint density at radius 1 is 1.09 bits per heavy atom. The average molecular weight is 239 g/mol. The van der Waals surface area contributed by atoms with Gasteiger partial charge in [-0.1, -0.05) is 35.2 Å². The maximum Gasteiger partial charge on any atom is 0.185 e. The van der Waals surface area contributed by atoms with Gasteiger partial charge in [-0.05, 0) is 12.8 Å². The molecule has 1 nitrogen and oxygen atoms in total. The second kappa shape index (κ2) is 8.60. The van der Waals surface area contributed by atoms with E-state index in [9.17, 15) is 4.79 Å². The van der Waals surface area contributed by atoms with Crippen molar-refractivity contribution < 1.29 is 4.79 Å². The number of hydrogen-bond acceptors (Lipinski definition) is 1. The van der Waals surface area contributed by atoms with Gasteiger partial charge in [0, 0.05) is 11.8 Å². The molecule has 0 N–H and O–H groups in total. The molecule has 3 heteroatoms. The van der Waals surface area contributed by atoms with E-state index in [0.29, 0.717) is 6.42 Å². The molecule has 0 radical (unpaired) electrons. The smallest absolute Gasteiger partial charge is 0.185 e. The molecule has 0 amide bonds. The number of carbonyl (C=O) groups is 1. The summed E-state index contributed by atoms with van der Waals surface area (Å²) >= 11 is 7.07. The van der Waals surface area contributed by atoms with Crippen molar-refractivity contribution in [2.24, 2.45) is 0 Å². The van der Waals surface area contributed by atoms with Crippen molar-refractivity contribution in [2.45, 2.75) is 38.5 Å². The molecule has 0 saturated heterocycles. The van der Waals surface area contributed by atoms with E-state index in [1.165, 1.54) is 25.7 Å². The molecule has 0 unspecified atom stereocenters. The highest BCUT2D eigenvalue weighted by Crippen LogP contribution is 2.07. The second-order valence-corrected chi connectivity index (χ2v) is 3.89. The third kappa shape index (κ3) is 10.5. The van der Waals surface area contributed by atoms with Crippen LogP contribution in [0.5, 0.6) is 0 Å². The molecule has 0 bridgehead atoms. The number of hydrogen-bond donors (Lipinski definition) is 1. The summed E-state index contributed by atoms with van der Waals surface area (Å²) in [4.78, 5) is 10.4. The van der Waals surface area contributed by atoms with Gasteiger partial charge in [-0.2, -0.15) is 0 Å². The number of unbranched alkanes of at least 4 members (excludes halogenated alkanes) is 4. The summed E-state index contributed by atoms with van der Waals surface area (Å²) in [5.74, 6) is 0. The molecular formula is C8H15BrOS. The van der Waals surface area contributed by atoms with Crippen LogP contribution in [-0.2, 0) is 4.79 Å². The quantitative estimate of drug-likeness (QED) is 0.410. The van der Waals surface area contributed by atoms with Gasteiger partial charge < -0.3 is 0 Å². The summed E-state index contributed by atoms with van der Waals surface area (Å²) in [7, 11) is 0. The summed E-state index contributed by atoms with van der Waals surface area (Å²) in [5.41, 5.74) is 0. The lowest BCUT2D eigenvalue weighted by Crippen LogP contribution is -1.86. The topological polar surface area (TPSA) is 17.1 Å². The van der Waals surface area contributed by atoms with E-state index in [1.54, 1.807) is 0 Å². The monoisotopic (exact) mass is 238 g/mol. The van der Waals surface area contributed by atoms with E-state index < -0.39 is 0 Å². The zero-order valence-electron chi connectivity index (χ0n) is 6.68. The van der Waals surface area contributed by atoms with Crippen molar-refractivity contribution >= 4 is 33.7 Å². The minimum absolute atomic E-state index is 0.0190. The molecular weight excluding hydrogens is 224 g/mol. The Morgan fingerprint density at radius 3 is 2.18 bits per heavy atom. The number of thiol groups is 1. The molecule has 0 aromatic rings. The Labute approximate surface area is 82.5 Å². The molecule has 0 aliphatic rings. The van der Waals surface area contributed by atoms with Gasteiger partial charge in [0.15, 0.2) is 5.12 Å². The number of rotatable bonds is 7. The highest BCUT2D eigenvalue weighted by atomic mass is 79.9. The van der Waals surface area contributed by atoms with Crippen molar-refractivity contribution in [1.29, 1.82) is 0 Å². The fourth-order valence-corrected chi connectivity index (χ4v) is 1.46. The Kier molecular flexibility index (Phi) is 8.99. The fourth-order valence-electron chi connectivity index (χ4n) is 0.901. The average Bonchev–Trinajstić information content (AvgIpc) is 1.96. The molecule has 0 rings (SSSR count). The van der Waals surface area contributed by atoms with Gasteiger partial charge >= 0.3 is 0 Å². The van der Waals surface area contributed by atoms with Gasteiger partial charge in [0.1, 0.15) is 0 Å². The lowest BCUT2D eigenvalue weighted by molar-refractivity contribution is -0.110. The van der Waals surface area contributed by atoms with Crippen molar-refractivity contribution in [3.8, 4) is 0 Å². The largest absolute Gasteiger partial charge is 0.288 e. The Hall–Kier alpha value is 0.500. The van der Waals surface area contributed by atoms with Gasteiger partial charge in [0.05, 0.1) is 0 Å². The first-order valence-electron chi connectivity index (χ1n) is 4.05. The van der Waals surface area contributed by atoms with Crippen molar-refractivity contribution in [3.63, 3.8) is 0 Å². The van der Waals surface area contributed by atoms with Crippen molar-refractivity contribution in [3.05, 3.63) is 0 Å². The molecule has 66 valence electrons. The molecule has 0 aliphatic heterocycles. The maximum atomic E-state index is 10.4.